The van der Waals surface area contributed by atoms with Crippen molar-refractivity contribution in [3.63, 3.8) is 0 Å². The predicted octanol–water partition coefficient (Wildman–Crippen LogP) is 2.56. The molecule has 1 heterocycles. The molecule has 2 atom stereocenters. The van der Waals surface area contributed by atoms with Gasteiger partial charge < -0.3 is 10.6 Å². The van der Waals surface area contributed by atoms with Crippen molar-refractivity contribution in [2.75, 3.05) is 13.1 Å². The van der Waals surface area contributed by atoms with E-state index in [9.17, 15) is 4.79 Å². The third kappa shape index (κ3) is 4.27. The highest BCUT2D eigenvalue weighted by atomic mass is 16.2. The molecule has 1 amide bonds. The molecule has 1 aliphatic rings. The molecule has 1 aliphatic heterocycles. The van der Waals surface area contributed by atoms with E-state index in [0.29, 0.717) is 11.8 Å². The lowest BCUT2D eigenvalue weighted by atomic mass is 9.74. The second kappa shape index (κ2) is 6.55. The first-order chi connectivity index (χ1) is 8.34. The molecule has 1 saturated heterocycles. The lowest BCUT2D eigenvalue weighted by molar-refractivity contribution is -0.133. The average molecular weight is 254 g/mol. The summed E-state index contributed by atoms with van der Waals surface area (Å²) in [4.78, 5) is 12.4. The van der Waals surface area contributed by atoms with Crippen LogP contribution in [0.1, 0.15) is 53.9 Å². The summed E-state index contributed by atoms with van der Waals surface area (Å²) in [6, 6.07) is 0.272. The van der Waals surface area contributed by atoms with Gasteiger partial charge in [0, 0.05) is 11.5 Å². The van der Waals surface area contributed by atoms with Gasteiger partial charge in [-0.15, -0.1) is 0 Å². The van der Waals surface area contributed by atoms with Gasteiger partial charge in [0.05, 0.1) is 0 Å². The number of carbonyl (C=O) groups is 1. The molecule has 0 spiro atoms. The molecule has 18 heavy (non-hydrogen) atoms. The summed E-state index contributed by atoms with van der Waals surface area (Å²) in [6.07, 6.45) is 3.39. The van der Waals surface area contributed by atoms with Gasteiger partial charge in [0.2, 0.25) is 5.91 Å². The highest BCUT2D eigenvalue weighted by Crippen LogP contribution is 2.32. The molecule has 0 bridgehead atoms. The fraction of sp³-hybridized carbons (Fsp3) is 0.933. The van der Waals surface area contributed by atoms with Crippen LogP contribution in [0.3, 0.4) is 0 Å². The third-order valence-corrected chi connectivity index (χ3v) is 4.11. The first kappa shape index (κ1) is 15.5. The number of rotatable bonds is 5. The molecule has 0 saturated carbocycles. The van der Waals surface area contributed by atoms with Crippen molar-refractivity contribution in [3.8, 4) is 0 Å². The Bertz CT molecular complexity index is 268. The number of piperidine rings is 1. The van der Waals surface area contributed by atoms with Crippen LogP contribution in [0.25, 0.3) is 0 Å². The monoisotopic (exact) mass is 254 g/mol. The minimum atomic E-state index is -0.265. The van der Waals surface area contributed by atoms with Gasteiger partial charge in [-0.25, -0.2) is 0 Å². The van der Waals surface area contributed by atoms with E-state index in [0.717, 1.165) is 25.9 Å². The molecular formula is C15H30N2O. The highest BCUT2D eigenvalue weighted by molar-refractivity contribution is 5.82. The Morgan fingerprint density at radius 1 is 1.39 bits per heavy atom. The largest absolute Gasteiger partial charge is 0.353 e. The van der Waals surface area contributed by atoms with Crippen molar-refractivity contribution >= 4 is 5.91 Å². The fourth-order valence-electron chi connectivity index (χ4n) is 2.83. The second-order valence-electron chi connectivity index (χ2n) is 6.77. The van der Waals surface area contributed by atoms with Gasteiger partial charge in [-0.3, -0.25) is 4.79 Å². The summed E-state index contributed by atoms with van der Waals surface area (Å²) in [5, 5.41) is 6.58. The lowest BCUT2D eigenvalue weighted by Crippen LogP contribution is -2.49. The van der Waals surface area contributed by atoms with Crippen LogP contribution in [-0.2, 0) is 4.79 Å². The second-order valence-corrected chi connectivity index (χ2v) is 6.77. The van der Waals surface area contributed by atoms with Crippen LogP contribution in [0.2, 0.25) is 0 Å². The number of nitrogens with one attached hydrogen (secondary N) is 2. The Balaban J connectivity index is 2.52. The van der Waals surface area contributed by atoms with Crippen molar-refractivity contribution in [1.29, 1.82) is 0 Å². The Labute approximate surface area is 112 Å². The van der Waals surface area contributed by atoms with Gasteiger partial charge in [0.25, 0.3) is 0 Å². The van der Waals surface area contributed by atoms with E-state index in [2.05, 4.69) is 45.3 Å². The quantitative estimate of drug-likeness (QED) is 0.791. The Morgan fingerprint density at radius 2 is 2.06 bits per heavy atom. The molecule has 0 aromatic heterocycles. The summed E-state index contributed by atoms with van der Waals surface area (Å²) < 4.78 is 0. The van der Waals surface area contributed by atoms with Crippen molar-refractivity contribution in [3.05, 3.63) is 0 Å². The van der Waals surface area contributed by atoms with Crippen LogP contribution in [0.5, 0.6) is 0 Å². The SMILES string of the molecule is CC(C)CC(C)NC(=O)C(C)(C)C1CCCNC1. The standard InChI is InChI=1S/C15H30N2O/c1-11(2)9-12(3)17-14(18)15(4,5)13-7-6-8-16-10-13/h11-13,16H,6-10H2,1-5H3,(H,17,18). The summed E-state index contributed by atoms with van der Waals surface area (Å²) in [7, 11) is 0. The molecule has 0 aromatic carbocycles. The molecule has 2 N–H and O–H groups in total. The molecule has 0 aromatic rings. The maximum Gasteiger partial charge on any atom is 0.226 e. The highest BCUT2D eigenvalue weighted by Gasteiger charge is 2.37. The van der Waals surface area contributed by atoms with E-state index in [1.54, 1.807) is 0 Å². The van der Waals surface area contributed by atoms with Gasteiger partial charge in [0.1, 0.15) is 0 Å². The zero-order valence-electron chi connectivity index (χ0n) is 12.7. The van der Waals surface area contributed by atoms with Crippen molar-refractivity contribution < 1.29 is 4.79 Å². The predicted molar refractivity (Wildman–Crippen MR) is 76.4 cm³/mol. The number of amides is 1. The van der Waals surface area contributed by atoms with Crippen LogP contribution < -0.4 is 10.6 Å². The Kier molecular flexibility index (Phi) is 5.64. The van der Waals surface area contributed by atoms with Crippen LogP contribution in [0.4, 0.5) is 0 Å². The van der Waals surface area contributed by atoms with Crippen molar-refractivity contribution in [1.82, 2.24) is 10.6 Å². The summed E-state index contributed by atoms with van der Waals surface area (Å²) in [6.45, 7) is 12.7. The minimum Gasteiger partial charge on any atom is -0.353 e. The van der Waals surface area contributed by atoms with E-state index in [4.69, 9.17) is 0 Å². The maximum atomic E-state index is 12.4. The molecular weight excluding hydrogens is 224 g/mol. The zero-order valence-corrected chi connectivity index (χ0v) is 12.7. The van der Waals surface area contributed by atoms with Gasteiger partial charge in [-0.05, 0) is 51.1 Å². The normalized spacial score (nSPS) is 22.9. The lowest BCUT2D eigenvalue weighted by Gasteiger charge is -2.37. The van der Waals surface area contributed by atoms with Crippen molar-refractivity contribution in [2.45, 2.75) is 59.9 Å². The molecule has 3 nitrogen and oxygen atoms in total. The molecule has 106 valence electrons. The maximum absolute atomic E-state index is 12.4. The van der Waals surface area contributed by atoms with Crippen LogP contribution in [-0.4, -0.2) is 25.0 Å². The Hall–Kier alpha value is -0.570. The fourth-order valence-corrected chi connectivity index (χ4v) is 2.83. The van der Waals surface area contributed by atoms with E-state index < -0.39 is 0 Å². The smallest absolute Gasteiger partial charge is 0.226 e. The number of carbonyl (C=O) groups excluding carboxylic acids is 1. The molecule has 3 heteroatoms. The van der Waals surface area contributed by atoms with E-state index in [-0.39, 0.29) is 17.4 Å². The topological polar surface area (TPSA) is 41.1 Å². The van der Waals surface area contributed by atoms with Crippen LogP contribution in [0.15, 0.2) is 0 Å². The summed E-state index contributed by atoms with van der Waals surface area (Å²) in [5.41, 5.74) is -0.265. The number of hydrogen-bond acceptors (Lipinski definition) is 2. The number of hydrogen-bond donors (Lipinski definition) is 2. The molecule has 0 aliphatic carbocycles. The first-order valence-corrected chi connectivity index (χ1v) is 7.35. The molecule has 1 rings (SSSR count). The summed E-state index contributed by atoms with van der Waals surface area (Å²) >= 11 is 0. The van der Waals surface area contributed by atoms with Crippen molar-refractivity contribution in [2.24, 2.45) is 17.3 Å². The zero-order chi connectivity index (χ0) is 13.8. The van der Waals surface area contributed by atoms with Gasteiger partial charge in [0.15, 0.2) is 0 Å². The van der Waals surface area contributed by atoms with E-state index >= 15 is 0 Å². The van der Waals surface area contributed by atoms with Gasteiger partial charge in [-0.2, -0.15) is 0 Å². The Morgan fingerprint density at radius 3 is 2.56 bits per heavy atom. The van der Waals surface area contributed by atoms with E-state index in [1.165, 1.54) is 6.42 Å². The minimum absolute atomic E-state index is 0.212. The average Bonchev–Trinajstić information content (AvgIpc) is 2.28. The third-order valence-electron chi connectivity index (χ3n) is 4.11. The van der Waals surface area contributed by atoms with E-state index in [1.807, 2.05) is 0 Å². The van der Waals surface area contributed by atoms with Gasteiger partial charge in [-0.1, -0.05) is 27.7 Å². The van der Waals surface area contributed by atoms with Crippen LogP contribution in [0, 0.1) is 17.3 Å². The molecule has 2 unspecified atom stereocenters. The molecule has 0 radical (unpaired) electrons. The first-order valence-electron chi connectivity index (χ1n) is 7.35. The van der Waals surface area contributed by atoms with Gasteiger partial charge >= 0.3 is 0 Å². The summed E-state index contributed by atoms with van der Waals surface area (Å²) in [5.74, 6) is 1.29. The van der Waals surface area contributed by atoms with Crippen LogP contribution >= 0.6 is 0 Å². The molecule has 1 fully saturated rings.